The van der Waals surface area contributed by atoms with Gasteiger partial charge in [-0.05, 0) is 24.5 Å². The van der Waals surface area contributed by atoms with Gasteiger partial charge in [-0.3, -0.25) is 0 Å². The van der Waals surface area contributed by atoms with E-state index in [1.807, 2.05) is 0 Å². The summed E-state index contributed by atoms with van der Waals surface area (Å²) in [5.41, 5.74) is 0.698. The van der Waals surface area contributed by atoms with E-state index in [0.717, 1.165) is 18.4 Å². The third kappa shape index (κ3) is 2.41. The molecule has 0 aliphatic carbocycles. The average molecular weight is 308 g/mol. The SMILES string of the molecule is Fc1c(Cl)cccc1CC1(CBr)CCOC1. The van der Waals surface area contributed by atoms with Gasteiger partial charge in [-0.2, -0.15) is 0 Å². The van der Waals surface area contributed by atoms with E-state index in [1.54, 1.807) is 18.2 Å². The van der Waals surface area contributed by atoms with E-state index in [-0.39, 0.29) is 16.3 Å². The molecule has 0 bridgehead atoms. The van der Waals surface area contributed by atoms with Crippen LogP contribution >= 0.6 is 27.5 Å². The van der Waals surface area contributed by atoms with Gasteiger partial charge < -0.3 is 4.74 Å². The van der Waals surface area contributed by atoms with Gasteiger partial charge in [0.25, 0.3) is 0 Å². The molecule has 0 amide bonds. The highest BCUT2D eigenvalue weighted by Gasteiger charge is 2.34. The Morgan fingerprint density at radius 2 is 2.31 bits per heavy atom. The number of hydrogen-bond donors (Lipinski definition) is 0. The molecular formula is C12H13BrClFO. The molecule has 0 radical (unpaired) electrons. The molecule has 1 nitrogen and oxygen atoms in total. The molecule has 1 aliphatic heterocycles. The molecule has 0 N–H and O–H groups in total. The Morgan fingerprint density at radius 1 is 1.50 bits per heavy atom. The largest absolute Gasteiger partial charge is 0.381 e. The van der Waals surface area contributed by atoms with E-state index >= 15 is 0 Å². The van der Waals surface area contributed by atoms with E-state index in [1.165, 1.54) is 0 Å². The van der Waals surface area contributed by atoms with Crippen molar-refractivity contribution in [1.29, 1.82) is 0 Å². The Labute approximate surface area is 108 Å². The molecular weight excluding hydrogens is 294 g/mol. The summed E-state index contributed by atoms with van der Waals surface area (Å²) in [6.45, 7) is 1.44. The highest BCUT2D eigenvalue weighted by Crippen LogP contribution is 2.35. The predicted octanol–water partition coefficient (Wildman–Crippen LogP) is 3.82. The summed E-state index contributed by atoms with van der Waals surface area (Å²) < 4.78 is 19.2. The summed E-state index contributed by atoms with van der Waals surface area (Å²) >= 11 is 9.27. The lowest BCUT2D eigenvalue weighted by atomic mass is 9.83. The summed E-state index contributed by atoms with van der Waals surface area (Å²) in [4.78, 5) is 0. The molecule has 2 rings (SSSR count). The number of rotatable bonds is 3. The monoisotopic (exact) mass is 306 g/mol. The summed E-state index contributed by atoms with van der Waals surface area (Å²) in [5, 5.41) is 1.02. The fourth-order valence-corrected chi connectivity index (χ4v) is 2.87. The van der Waals surface area contributed by atoms with Crippen LogP contribution in [0.3, 0.4) is 0 Å². The fraction of sp³-hybridized carbons (Fsp3) is 0.500. The number of ether oxygens (including phenoxy) is 1. The topological polar surface area (TPSA) is 9.23 Å². The zero-order valence-electron chi connectivity index (χ0n) is 8.81. The van der Waals surface area contributed by atoms with Crippen LogP contribution in [0.2, 0.25) is 5.02 Å². The van der Waals surface area contributed by atoms with Crippen LogP contribution < -0.4 is 0 Å². The van der Waals surface area contributed by atoms with Crippen LogP contribution in [0.25, 0.3) is 0 Å². The van der Waals surface area contributed by atoms with Crippen molar-refractivity contribution >= 4 is 27.5 Å². The smallest absolute Gasteiger partial charge is 0.144 e. The average Bonchev–Trinajstić information content (AvgIpc) is 2.74. The molecule has 1 fully saturated rings. The first kappa shape index (κ1) is 12.3. The summed E-state index contributed by atoms with van der Waals surface area (Å²) in [5.74, 6) is -0.295. The van der Waals surface area contributed by atoms with Crippen LogP contribution in [0.15, 0.2) is 18.2 Å². The Hall–Kier alpha value is -0.120. The second kappa shape index (κ2) is 5.03. The van der Waals surface area contributed by atoms with Crippen molar-refractivity contribution in [1.82, 2.24) is 0 Å². The summed E-state index contributed by atoms with van der Waals surface area (Å²) in [6, 6.07) is 5.16. The second-order valence-electron chi connectivity index (χ2n) is 4.33. The first-order chi connectivity index (χ1) is 7.67. The minimum Gasteiger partial charge on any atom is -0.381 e. The molecule has 1 heterocycles. The van der Waals surface area contributed by atoms with E-state index in [4.69, 9.17) is 16.3 Å². The third-order valence-corrected chi connectivity index (χ3v) is 4.55. The first-order valence-electron chi connectivity index (χ1n) is 5.23. The maximum Gasteiger partial charge on any atom is 0.144 e. The van der Waals surface area contributed by atoms with Crippen molar-refractivity contribution in [2.45, 2.75) is 12.8 Å². The van der Waals surface area contributed by atoms with E-state index in [2.05, 4.69) is 15.9 Å². The van der Waals surface area contributed by atoms with Crippen molar-refractivity contribution in [2.24, 2.45) is 5.41 Å². The molecule has 0 aromatic heterocycles. The highest BCUT2D eigenvalue weighted by atomic mass is 79.9. The standard InChI is InChI=1S/C12H13BrClFO/c13-7-12(4-5-16-8-12)6-9-2-1-3-10(14)11(9)15/h1-3H,4-8H2. The van der Waals surface area contributed by atoms with Crippen LogP contribution in [0.1, 0.15) is 12.0 Å². The molecule has 4 heteroatoms. The lowest BCUT2D eigenvalue weighted by molar-refractivity contribution is 0.161. The Morgan fingerprint density at radius 3 is 2.94 bits per heavy atom. The van der Waals surface area contributed by atoms with Crippen LogP contribution in [0.5, 0.6) is 0 Å². The van der Waals surface area contributed by atoms with E-state index in [9.17, 15) is 4.39 Å². The zero-order chi connectivity index (χ0) is 11.6. The molecule has 1 saturated heterocycles. The Kier molecular flexibility index (Phi) is 3.88. The summed E-state index contributed by atoms with van der Waals surface area (Å²) in [6.07, 6.45) is 1.63. The van der Waals surface area contributed by atoms with E-state index in [0.29, 0.717) is 18.6 Å². The van der Waals surface area contributed by atoms with E-state index < -0.39 is 0 Å². The Bertz CT molecular complexity index is 377. The highest BCUT2D eigenvalue weighted by molar-refractivity contribution is 9.09. The van der Waals surface area contributed by atoms with Gasteiger partial charge in [0.05, 0.1) is 11.6 Å². The minimum atomic E-state index is -0.295. The molecule has 1 aliphatic rings. The van der Waals surface area contributed by atoms with Crippen LogP contribution in [-0.4, -0.2) is 18.5 Å². The number of alkyl halides is 1. The minimum absolute atomic E-state index is 0.0194. The van der Waals surface area contributed by atoms with Gasteiger partial charge in [-0.25, -0.2) is 4.39 Å². The maximum atomic E-state index is 13.8. The van der Waals surface area contributed by atoms with Gasteiger partial charge in [0.15, 0.2) is 0 Å². The van der Waals surface area contributed by atoms with Gasteiger partial charge in [-0.1, -0.05) is 39.7 Å². The number of benzene rings is 1. The van der Waals surface area contributed by atoms with Crippen molar-refractivity contribution < 1.29 is 9.13 Å². The lowest BCUT2D eigenvalue weighted by Gasteiger charge is -2.25. The molecule has 1 atom stereocenters. The second-order valence-corrected chi connectivity index (χ2v) is 5.29. The predicted molar refractivity (Wildman–Crippen MR) is 66.8 cm³/mol. The molecule has 1 unspecified atom stereocenters. The molecule has 1 aromatic carbocycles. The number of halogens is 3. The number of hydrogen-bond acceptors (Lipinski definition) is 1. The quantitative estimate of drug-likeness (QED) is 0.771. The van der Waals surface area contributed by atoms with Gasteiger partial charge in [0.1, 0.15) is 5.82 Å². The van der Waals surface area contributed by atoms with Crippen molar-refractivity contribution in [2.75, 3.05) is 18.5 Å². The van der Waals surface area contributed by atoms with Gasteiger partial charge in [0.2, 0.25) is 0 Å². The van der Waals surface area contributed by atoms with Crippen LogP contribution in [-0.2, 0) is 11.2 Å². The van der Waals surface area contributed by atoms with Gasteiger partial charge in [-0.15, -0.1) is 0 Å². The fourth-order valence-electron chi connectivity index (χ4n) is 2.03. The molecule has 88 valence electrons. The normalized spacial score (nSPS) is 24.9. The summed E-state index contributed by atoms with van der Waals surface area (Å²) in [7, 11) is 0. The maximum absolute atomic E-state index is 13.8. The molecule has 1 aromatic rings. The molecule has 0 saturated carbocycles. The molecule has 0 spiro atoms. The van der Waals surface area contributed by atoms with Gasteiger partial charge in [0, 0.05) is 17.4 Å². The van der Waals surface area contributed by atoms with Crippen molar-refractivity contribution in [3.05, 3.63) is 34.6 Å². The lowest BCUT2D eigenvalue weighted by Crippen LogP contribution is -2.26. The van der Waals surface area contributed by atoms with Crippen molar-refractivity contribution in [3.8, 4) is 0 Å². The first-order valence-corrected chi connectivity index (χ1v) is 6.73. The van der Waals surface area contributed by atoms with Crippen molar-refractivity contribution in [3.63, 3.8) is 0 Å². The third-order valence-electron chi connectivity index (χ3n) is 3.07. The van der Waals surface area contributed by atoms with Crippen LogP contribution in [0, 0.1) is 11.2 Å². The Balaban J connectivity index is 2.22. The molecule has 16 heavy (non-hydrogen) atoms. The van der Waals surface area contributed by atoms with Crippen LogP contribution in [0.4, 0.5) is 4.39 Å². The van der Waals surface area contributed by atoms with Gasteiger partial charge >= 0.3 is 0 Å². The zero-order valence-corrected chi connectivity index (χ0v) is 11.2.